The summed E-state index contributed by atoms with van der Waals surface area (Å²) in [4.78, 5) is 0. The molecule has 0 aromatic heterocycles. The molecule has 0 atom stereocenters. The predicted molar refractivity (Wildman–Crippen MR) is 93.0 cm³/mol. The van der Waals surface area contributed by atoms with Crippen molar-refractivity contribution >= 4 is 14.2 Å². The molecule has 0 bridgehead atoms. The fourth-order valence-corrected chi connectivity index (χ4v) is 3.46. The SMILES string of the molecule is CC1(C)COB(C(B2OCC(C)(C)CO2)=C2CCCCC2)OC1. The third-order valence-corrected chi connectivity index (χ3v) is 4.88. The zero-order valence-electron chi connectivity index (χ0n) is 15.2. The second-order valence-corrected chi connectivity index (χ2v) is 8.86. The molecule has 3 aliphatic rings. The quantitative estimate of drug-likeness (QED) is 0.730. The highest BCUT2D eigenvalue weighted by molar-refractivity contribution is 6.78. The van der Waals surface area contributed by atoms with E-state index in [1.165, 1.54) is 24.8 Å². The molecule has 3 rings (SSSR count). The maximum Gasteiger partial charge on any atom is 0.485 e. The van der Waals surface area contributed by atoms with Crippen LogP contribution in [0.25, 0.3) is 0 Å². The fraction of sp³-hybridized carbons (Fsp3) is 0.882. The summed E-state index contributed by atoms with van der Waals surface area (Å²) in [5.74, 6) is 0. The number of rotatable bonds is 2. The van der Waals surface area contributed by atoms with Gasteiger partial charge in [0.05, 0.1) is 0 Å². The Kier molecular flexibility index (Phi) is 5.27. The van der Waals surface area contributed by atoms with Crippen molar-refractivity contribution in [2.75, 3.05) is 26.4 Å². The molecule has 1 aliphatic carbocycles. The lowest BCUT2D eigenvalue weighted by molar-refractivity contribution is 0.0227. The lowest BCUT2D eigenvalue weighted by Crippen LogP contribution is -2.50. The first-order valence-corrected chi connectivity index (χ1v) is 9.05. The lowest BCUT2D eigenvalue weighted by atomic mass is 9.53. The van der Waals surface area contributed by atoms with Crippen LogP contribution in [-0.4, -0.2) is 40.7 Å². The minimum atomic E-state index is -0.303. The van der Waals surface area contributed by atoms with Crippen molar-refractivity contribution in [3.05, 3.63) is 10.9 Å². The van der Waals surface area contributed by atoms with Crippen molar-refractivity contribution in [1.29, 1.82) is 0 Å². The predicted octanol–water partition coefficient (Wildman–Crippen LogP) is 3.45. The van der Waals surface area contributed by atoms with Gasteiger partial charge in [-0.2, -0.15) is 0 Å². The molecule has 128 valence electrons. The van der Waals surface area contributed by atoms with Crippen LogP contribution in [0.2, 0.25) is 0 Å². The topological polar surface area (TPSA) is 36.9 Å². The minimum Gasteiger partial charge on any atom is -0.407 e. The van der Waals surface area contributed by atoms with Gasteiger partial charge >= 0.3 is 14.2 Å². The van der Waals surface area contributed by atoms with Gasteiger partial charge in [0.15, 0.2) is 0 Å². The standard InChI is InChI=1S/C17H30B2O4/c1-16(2)10-20-18(21-11-16)15(14-8-6-5-7-9-14)19-22-12-17(3,4)13-23-19/h5-13H2,1-4H3. The molecule has 2 heterocycles. The van der Waals surface area contributed by atoms with Crippen molar-refractivity contribution in [2.45, 2.75) is 59.8 Å². The Bertz CT molecular complexity index is 404. The highest BCUT2D eigenvalue weighted by atomic mass is 16.6. The summed E-state index contributed by atoms with van der Waals surface area (Å²) in [6, 6.07) is 0. The van der Waals surface area contributed by atoms with Gasteiger partial charge in [0, 0.05) is 37.3 Å². The molecule has 0 unspecified atom stereocenters. The molecule has 4 nitrogen and oxygen atoms in total. The molecule has 2 saturated heterocycles. The van der Waals surface area contributed by atoms with Crippen molar-refractivity contribution < 1.29 is 18.6 Å². The van der Waals surface area contributed by atoms with Gasteiger partial charge in [-0.25, -0.2) is 0 Å². The lowest BCUT2D eigenvalue weighted by Gasteiger charge is -2.39. The summed E-state index contributed by atoms with van der Waals surface area (Å²) in [7, 11) is -0.607. The van der Waals surface area contributed by atoms with E-state index in [2.05, 4.69) is 27.7 Å². The first-order valence-electron chi connectivity index (χ1n) is 9.05. The van der Waals surface area contributed by atoms with Gasteiger partial charge in [-0.05, 0) is 31.1 Å². The Balaban J connectivity index is 1.78. The molecule has 23 heavy (non-hydrogen) atoms. The van der Waals surface area contributed by atoms with E-state index in [4.69, 9.17) is 18.6 Å². The van der Waals surface area contributed by atoms with E-state index in [1.807, 2.05) is 0 Å². The van der Waals surface area contributed by atoms with Crippen molar-refractivity contribution in [3.8, 4) is 0 Å². The Hall–Kier alpha value is -0.290. The fourth-order valence-electron chi connectivity index (χ4n) is 3.46. The zero-order chi connectivity index (χ0) is 16.5. The normalized spacial score (nSPS) is 27.9. The van der Waals surface area contributed by atoms with E-state index in [9.17, 15) is 0 Å². The molecule has 6 heteroatoms. The van der Waals surface area contributed by atoms with Gasteiger partial charge in [-0.3, -0.25) is 0 Å². The summed E-state index contributed by atoms with van der Waals surface area (Å²) in [6.07, 6.45) is 6.04. The second kappa shape index (κ2) is 6.91. The highest BCUT2D eigenvalue weighted by Crippen LogP contribution is 2.34. The molecule has 2 aliphatic heterocycles. The van der Waals surface area contributed by atoms with E-state index in [-0.39, 0.29) is 25.1 Å². The second-order valence-electron chi connectivity index (χ2n) is 8.86. The Labute approximate surface area is 141 Å². The van der Waals surface area contributed by atoms with Crippen molar-refractivity contribution in [1.82, 2.24) is 0 Å². The first-order chi connectivity index (χ1) is 10.9. The van der Waals surface area contributed by atoms with Crippen LogP contribution in [0.4, 0.5) is 0 Å². The van der Waals surface area contributed by atoms with E-state index in [1.54, 1.807) is 0 Å². The minimum absolute atomic E-state index is 0.0785. The summed E-state index contributed by atoms with van der Waals surface area (Å²) < 4.78 is 24.3. The third kappa shape index (κ3) is 4.41. The maximum atomic E-state index is 6.07. The van der Waals surface area contributed by atoms with E-state index in [0.717, 1.165) is 18.2 Å². The molecule has 0 aromatic rings. The van der Waals surface area contributed by atoms with Gasteiger partial charge in [-0.1, -0.05) is 39.7 Å². The maximum absolute atomic E-state index is 6.07. The van der Waals surface area contributed by atoms with E-state index < -0.39 is 0 Å². The van der Waals surface area contributed by atoms with E-state index in [0.29, 0.717) is 26.4 Å². The largest absolute Gasteiger partial charge is 0.485 e. The molecule has 0 spiro atoms. The molecule has 3 fully saturated rings. The Morgan fingerprint density at radius 3 is 1.48 bits per heavy atom. The Morgan fingerprint density at radius 1 is 0.696 bits per heavy atom. The monoisotopic (exact) mass is 320 g/mol. The van der Waals surface area contributed by atoms with Crippen molar-refractivity contribution in [3.63, 3.8) is 0 Å². The molecule has 0 radical (unpaired) electrons. The van der Waals surface area contributed by atoms with Crippen LogP contribution in [0, 0.1) is 10.8 Å². The van der Waals surface area contributed by atoms with Gasteiger partial charge in [0.2, 0.25) is 0 Å². The van der Waals surface area contributed by atoms with Crippen LogP contribution < -0.4 is 0 Å². The van der Waals surface area contributed by atoms with Crippen LogP contribution >= 0.6 is 0 Å². The number of allylic oxidation sites excluding steroid dienone is 1. The average molecular weight is 320 g/mol. The average Bonchev–Trinajstić information content (AvgIpc) is 2.52. The molecule has 0 aromatic carbocycles. The summed E-state index contributed by atoms with van der Waals surface area (Å²) in [5, 5.41) is 1.12. The molecule has 0 amide bonds. The summed E-state index contributed by atoms with van der Waals surface area (Å²) in [6.45, 7) is 11.6. The van der Waals surface area contributed by atoms with Crippen LogP contribution in [0.3, 0.4) is 0 Å². The van der Waals surface area contributed by atoms with Crippen LogP contribution in [0.15, 0.2) is 10.9 Å². The summed E-state index contributed by atoms with van der Waals surface area (Å²) in [5.41, 5.74) is 1.59. The van der Waals surface area contributed by atoms with Gasteiger partial charge in [-0.15, -0.1) is 0 Å². The smallest absolute Gasteiger partial charge is 0.407 e. The van der Waals surface area contributed by atoms with Gasteiger partial charge in [0.25, 0.3) is 0 Å². The Morgan fingerprint density at radius 2 is 1.09 bits per heavy atom. The van der Waals surface area contributed by atoms with E-state index >= 15 is 0 Å². The number of hydrogen-bond donors (Lipinski definition) is 0. The first kappa shape index (κ1) is 17.5. The van der Waals surface area contributed by atoms with Gasteiger partial charge < -0.3 is 18.6 Å². The molecular formula is C17H30B2O4. The molecular weight excluding hydrogens is 290 g/mol. The van der Waals surface area contributed by atoms with Gasteiger partial charge in [0.1, 0.15) is 0 Å². The highest BCUT2D eigenvalue weighted by Gasteiger charge is 2.45. The molecule has 1 saturated carbocycles. The van der Waals surface area contributed by atoms with Crippen LogP contribution in [0.1, 0.15) is 59.8 Å². The van der Waals surface area contributed by atoms with Crippen LogP contribution in [0.5, 0.6) is 0 Å². The van der Waals surface area contributed by atoms with Crippen LogP contribution in [-0.2, 0) is 18.6 Å². The molecule has 0 N–H and O–H groups in total. The number of hydrogen-bond acceptors (Lipinski definition) is 4. The van der Waals surface area contributed by atoms with Crippen molar-refractivity contribution in [2.24, 2.45) is 10.8 Å². The summed E-state index contributed by atoms with van der Waals surface area (Å²) >= 11 is 0. The third-order valence-electron chi connectivity index (χ3n) is 4.88. The zero-order valence-corrected chi connectivity index (χ0v) is 15.2.